The van der Waals surface area contributed by atoms with E-state index in [9.17, 15) is 10.2 Å². The molecule has 2 N–H and O–H groups in total. The van der Waals surface area contributed by atoms with Gasteiger partial charge in [0, 0.05) is 23.4 Å². The molecule has 1 heterocycles. The molecule has 0 saturated carbocycles. The van der Waals surface area contributed by atoms with Gasteiger partial charge in [0.2, 0.25) is 0 Å². The van der Waals surface area contributed by atoms with Crippen LogP contribution in [0.5, 0.6) is 0 Å². The normalized spacial score (nSPS) is 11.6. The summed E-state index contributed by atoms with van der Waals surface area (Å²) in [5.74, 6) is 0. The second kappa shape index (κ2) is 5.40. The maximum Gasteiger partial charge on any atom is 0.0935 e. The van der Waals surface area contributed by atoms with Crippen LogP contribution in [0.25, 0.3) is 0 Å². The van der Waals surface area contributed by atoms with Gasteiger partial charge in [-0.2, -0.15) is 0 Å². The first-order valence-corrected chi connectivity index (χ1v) is 6.34. The molecule has 2 aromatic rings. The molecule has 1 aromatic heterocycles. The van der Waals surface area contributed by atoms with Crippen LogP contribution in [0.4, 0.5) is 0 Å². The van der Waals surface area contributed by atoms with Crippen LogP contribution in [0, 0.1) is 0 Å². The number of rotatable bonds is 5. The second-order valence-electron chi connectivity index (χ2n) is 4.07. The minimum absolute atomic E-state index is 0.0902. The molecule has 0 radical (unpaired) electrons. The van der Waals surface area contributed by atoms with Crippen molar-refractivity contribution in [3.05, 3.63) is 52.5 Å². The van der Waals surface area contributed by atoms with Gasteiger partial charge >= 0.3 is 0 Å². The summed E-state index contributed by atoms with van der Waals surface area (Å²) in [5, 5.41) is 22.1. The second-order valence-corrected chi connectivity index (χ2v) is 5.04. The fraction of sp³-hybridized carbons (Fsp3) is 0.308. The van der Waals surface area contributed by atoms with Crippen LogP contribution in [-0.4, -0.2) is 28.4 Å². The van der Waals surface area contributed by atoms with E-state index in [-0.39, 0.29) is 13.2 Å². The average molecular weight is 249 g/mol. The van der Waals surface area contributed by atoms with Gasteiger partial charge in [-0.25, -0.2) is 4.98 Å². The molecule has 0 amide bonds. The predicted molar refractivity (Wildman–Crippen MR) is 68.1 cm³/mol. The Balaban J connectivity index is 2.32. The molecule has 0 atom stereocenters. The SMILES string of the molecule is OCC(CO)(Cc1nccs1)c1ccccc1. The molecule has 90 valence electrons. The van der Waals surface area contributed by atoms with Crippen molar-refractivity contribution in [2.45, 2.75) is 11.8 Å². The quantitative estimate of drug-likeness (QED) is 0.846. The first kappa shape index (κ1) is 12.2. The van der Waals surface area contributed by atoms with Crippen LogP contribution in [0.1, 0.15) is 10.6 Å². The number of aliphatic hydroxyl groups is 2. The highest BCUT2D eigenvalue weighted by Gasteiger charge is 2.32. The zero-order valence-corrected chi connectivity index (χ0v) is 10.2. The van der Waals surface area contributed by atoms with Gasteiger partial charge in [0.1, 0.15) is 0 Å². The van der Waals surface area contributed by atoms with Crippen molar-refractivity contribution in [1.82, 2.24) is 4.98 Å². The number of benzene rings is 1. The van der Waals surface area contributed by atoms with Gasteiger partial charge in [0.25, 0.3) is 0 Å². The standard InChI is InChI=1S/C13H15NO2S/c15-9-13(10-16,8-12-14-6-7-17-12)11-4-2-1-3-5-11/h1-7,15-16H,8-10H2. The van der Waals surface area contributed by atoms with Crippen LogP contribution in [0.3, 0.4) is 0 Å². The van der Waals surface area contributed by atoms with E-state index < -0.39 is 5.41 Å². The van der Waals surface area contributed by atoms with E-state index in [0.29, 0.717) is 6.42 Å². The number of hydrogen-bond acceptors (Lipinski definition) is 4. The summed E-state index contributed by atoms with van der Waals surface area (Å²) in [6.45, 7) is -0.180. The Morgan fingerprint density at radius 2 is 1.82 bits per heavy atom. The van der Waals surface area contributed by atoms with E-state index in [2.05, 4.69) is 4.98 Å². The molecule has 1 aromatic carbocycles. The molecule has 0 aliphatic carbocycles. The van der Waals surface area contributed by atoms with Gasteiger partial charge in [-0.1, -0.05) is 30.3 Å². The lowest BCUT2D eigenvalue weighted by Crippen LogP contribution is -2.37. The zero-order valence-electron chi connectivity index (χ0n) is 9.41. The molecule has 0 spiro atoms. The molecule has 0 fully saturated rings. The highest BCUT2D eigenvalue weighted by Crippen LogP contribution is 2.28. The van der Waals surface area contributed by atoms with Gasteiger partial charge in [0.15, 0.2) is 0 Å². The van der Waals surface area contributed by atoms with Gasteiger partial charge < -0.3 is 10.2 Å². The van der Waals surface area contributed by atoms with E-state index in [4.69, 9.17) is 0 Å². The van der Waals surface area contributed by atoms with E-state index in [1.165, 1.54) is 0 Å². The Bertz CT molecular complexity index is 438. The first-order chi connectivity index (χ1) is 8.30. The van der Waals surface area contributed by atoms with Gasteiger partial charge in [0.05, 0.1) is 18.2 Å². The van der Waals surface area contributed by atoms with Crippen LogP contribution in [0.2, 0.25) is 0 Å². The fourth-order valence-electron chi connectivity index (χ4n) is 1.87. The van der Waals surface area contributed by atoms with Crippen molar-refractivity contribution in [2.24, 2.45) is 0 Å². The highest BCUT2D eigenvalue weighted by molar-refractivity contribution is 7.09. The molecule has 2 rings (SSSR count). The Labute approximate surface area is 104 Å². The van der Waals surface area contributed by atoms with Crippen LogP contribution in [-0.2, 0) is 11.8 Å². The summed E-state index contributed by atoms with van der Waals surface area (Å²) >= 11 is 1.54. The average Bonchev–Trinajstić information content (AvgIpc) is 2.90. The molecule has 0 saturated heterocycles. The summed E-state index contributed by atoms with van der Waals surface area (Å²) < 4.78 is 0. The van der Waals surface area contributed by atoms with Crippen molar-refractivity contribution in [1.29, 1.82) is 0 Å². The molecular formula is C13H15NO2S. The van der Waals surface area contributed by atoms with Crippen LogP contribution >= 0.6 is 11.3 Å². The third kappa shape index (κ3) is 2.54. The van der Waals surface area contributed by atoms with Gasteiger partial charge in [-0.3, -0.25) is 0 Å². The summed E-state index contributed by atoms with van der Waals surface area (Å²) in [4.78, 5) is 4.22. The van der Waals surface area contributed by atoms with E-state index in [0.717, 1.165) is 10.6 Å². The number of aliphatic hydroxyl groups excluding tert-OH is 2. The molecule has 4 heteroatoms. The maximum absolute atomic E-state index is 9.65. The number of aromatic nitrogens is 1. The van der Waals surface area contributed by atoms with Gasteiger partial charge in [-0.15, -0.1) is 11.3 Å². The fourth-order valence-corrected chi connectivity index (χ4v) is 2.63. The topological polar surface area (TPSA) is 53.4 Å². The first-order valence-electron chi connectivity index (χ1n) is 5.46. The number of nitrogens with zero attached hydrogens (tertiary/aromatic N) is 1. The maximum atomic E-state index is 9.65. The predicted octanol–water partition coefficient (Wildman–Crippen LogP) is 1.61. The van der Waals surface area contributed by atoms with E-state index >= 15 is 0 Å². The smallest absolute Gasteiger partial charge is 0.0935 e. The summed E-state index contributed by atoms with van der Waals surface area (Å²) in [7, 11) is 0. The molecule has 0 unspecified atom stereocenters. The third-order valence-corrected chi connectivity index (χ3v) is 3.74. The molecule has 0 bridgehead atoms. The number of hydrogen-bond donors (Lipinski definition) is 2. The lowest BCUT2D eigenvalue weighted by molar-refractivity contribution is 0.116. The van der Waals surface area contributed by atoms with Crippen molar-refractivity contribution in [2.75, 3.05) is 13.2 Å². The summed E-state index contributed by atoms with van der Waals surface area (Å²) in [6, 6.07) is 9.61. The van der Waals surface area contributed by atoms with E-state index in [1.807, 2.05) is 35.7 Å². The Kier molecular flexibility index (Phi) is 3.89. The van der Waals surface area contributed by atoms with E-state index in [1.54, 1.807) is 17.5 Å². The largest absolute Gasteiger partial charge is 0.395 e. The van der Waals surface area contributed by atoms with Crippen LogP contribution in [0.15, 0.2) is 41.9 Å². The Morgan fingerprint density at radius 1 is 1.12 bits per heavy atom. The molecule has 3 nitrogen and oxygen atoms in total. The summed E-state index contributed by atoms with van der Waals surface area (Å²) in [5.41, 5.74) is 0.305. The van der Waals surface area contributed by atoms with Crippen molar-refractivity contribution in [3.63, 3.8) is 0 Å². The molecule has 0 aliphatic rings. The minimum Gasteiger partial charge on any atom is -0.395 e. The number of thiazole rings is 1. The molecule has 17 heavy (non-hydrogen) atoms. The third-order valence-electron chi connectivity index (χ3n) is 2.96. The Hall–Kier alpha value is -1.23. The van der Waals surface area contributed by atoms with Crippen LogP contribution < -0.4 is 0 Å². The summed E-state index contributed by atoms with van der Waals surface area (Å²) in [6.07, 6.45) is 2.30. The zero-order chi connectivity index (χ0) is 12.1. The lowest BCUT2D eigenvalue weighted by atomic mass is 9.79. The van der Waals surface area contributed by atoms with Crippen molar-refractivity contribution < 1.29 is 10.2 Å². The highest BCUT2D eigenvalue weighted by atomic mass is 32.1. The van der Waals surface area contributed by atoms with Crippen molar-refractivity contribution in [3.8, 4) is 0 Å². The minimum atomic E-state index is -0.640. The van der Waals surface area contributed by atoms with Crippen molar-refractivity contribution >= 4 is 11.3 Å². The Morgan fingerprint density at radius 3 is 2.35 bits per heavy atom. The van der Waals surface area contributed by atoms with Gasteiger partial charge in [-0.05, 0) is 5.56 Å². The lowest BCUT2D eigenvalue weighted by Gasteiger charge is -2.29. The monoisotopic (exact) mass is 249 g/mol. The molecule has 0 aliphatic heterocycles. The molecular weight excluding hydrogens is 234 g/mol.